The molecule has 0 radical (unpaired) electrons. The van der Waals surface area contributed by atoms with E-state index in [0.29, 0.717) is 25.1 Å². The number of aromatic nitrogens is 3. The van der Waals surface area contributed by atoms with Crippen molar-refractivity contribution in [1.29, 1.82) is 0 Å². The van der Waals surface area contributed by atoms with Crippen molar-refractivity contribution in [3.05, 3.63) is 78.4 Å². The monoisotopic (exact) mass is 601 g/mol. The molecule has 1 aliphatic heterocycles. The zero-order chi connectivity index (χ0) is 30.5. The maximum atomic E-state index is 14.1. The lowest BCUT2D eigenvalue weighted by Crippen LogP contribution is -2.27. The van der Waals surface area contributed by atoms with Gasteiger partial charge in [-0.15, -0.1) is 0 Å². The zero-order valence-corrected chi connectivity index (χ0v) is 26.2. The van der Waals surface area contributed by atoms with Gasteiger partial charge in [0.2, 0.25) is 7.37 Å². The fraction of sp³-hybridized carbons (Fsp3) is 0.353. The molecule has 0 bridgehead atoms. The van der Waals surface area contributed by atoms with Crippen LogP contribution in [0.1, 0.15) is 56.9 Å². The molecule has 1 fully saturated rings. The van der Waals surface area contributed by atoms with Crippen LogP contribution in [0.25, 0.3) is 38.6 Å². The maximum absolute atomic E-state index is 14.1. The Hall–Kier alpha value is -3.58. The molecule has 0 amide bonds. The zero-order valence-electron chi connectivity index (χ0n) is 25.3. The van der Waals surface area contributed by atoms with Crippen molar-refractivity contribution in [3.63, 3.8) is 0 Å². The summed E-state index contributed by atoms with van der Waals surface area (Å²) in [7, 11) is -2.95. The molecule has 2 aromatic heterocycles. The lowest BCUT2D eigenvalue weighted by atomic mass is 9.90. The minimum Gasteiger partial charge on any atom is -0.381 e. The average Bonchev–Trinajstić information content (AvgIpc) is 3.54. The lowest BCUT2D eigenvalue weighted by Gasteiger charge is -2.26. The summed E-state index contributed by atoms with van der Waals surface area (Å²) in [6.45, 7) is 10.8. The van der Waals surface area contributed by atoms with Crippen LogP contribution in [-0.2, 0) is 13.8 Å². The third kappa shape index (κ3) is 5.37. The minimum atomic E-state index is -2.95. The third-order valence-electron chi connectivity index (χ3n) is 8.22. The van der Waals surface area contributed by atoms with Crippen LogP contribution >= 0.6 is 7.37 Å². The number of hydrogen-bond donors (Lipinski definition) is 0. The van der Waals surface area contributed by atoms with E-state index in [1.54, 1.807) is 25.0 Å². The summed E-state index contributed by atoms with van der Waals surface area (Å²) in [5.74, 6) is -0.214. The van der Waals surface area contributed by atoms with Gasteiger partial charge in [0.15, 0.2) is 0 Å². The summed E-state index contributed by atoms with van der Waals surface area (Å²) in [5.41, 5.74) is 5.00. The fourth-order valence-corrected chi connectivity index (χ4v) is 7.39. The lowest BCUT2D eigenvalue weighted by molar-refractivity contribution is 0.0755. The quantitative estimate of drug-likeness (QED) is 0.185. The van der Waals surface area contributed by atoms with Crippen LogP contribution in [0.3, 0.4) is 0 Å². The molecule has 1 atom stereocenters. The van der Waals surface area contributed by atoms with Gasteiger partial charge in [-0.05, 0) is 73.9 Å². The molecular formula is C34H37FN3O4P. The van der Waals surface area contributed by atoms with Crippen LogP contribution < -0.4 is 5.30 Å². The van der Waals surface area contributed by atoms with E-state index in [2.05, 4.69) is 21.8 Å². The Morgan fingerprint density at radius 1 is 1.05 bits per heavy atom. The van der Waals surface area contributed by atoms with Crippen molar-refractivity contribution < 1.29 is 23.0 Å². The van der Waals surface area contributed by atoms with Gasteiger partial charge in [0.05, 0.1) is 23.8 Å². The molecule has 0 spiro atoms. The van der Waals surface area contributed by atoms with E-state index < -0.39 is 12.8 Å². The number of carbonyl (C=O) groups is 1. The number of benzene rings is 3. The van der Waals surface area contributed by atoms with Crippen molar-refractivity contribution in [3.8, 4) is 16.8 Å². The second-order valence-corrected chi connectivity index (χ2v) is 14.8. The van der Waals surface area contributed by atoms with E-state index in [1.807, 2.05) is 52.0 Å². The van der Waals surface area contributed by atoms with Gasteiger partial charge in [-0.1, -0.05) is 32.9 Å². The van der Waals surface area contributed by atoms with Gasteiger partial charge in [0.25, 0.3) is 5.91 Å². The number of fused-ring (bicyclic) bond motifs is 2. The summed E-state index contributed by atoms with van der Waals surface area (Å²) in [6, 6.07) is 18.5. The maximum Gasteiger partial charge on any atom is 0.252 e. The number of ether oxygens (including phenoxy) is 1. The van der Waals surface area contributed by atoms with Crippen molar-refractivity contribution in [2.75, 3.05) is 26.5 Å². The van der Waals surface area contributed by atoms with Crippen molar-refractivity contribution in [2.45, 2.75) is 46.5 Å². The summed E-state index contributed by atoms with van der Waals surface area (Å²) >= 11 is 0. The highest BCUT2D eigenvalue weighted by molar-refractivity contribution is 7.66. The molecule has 9 heteroatoms. The predicted molar refractivity (Wildman–Crippen MR) is 170 cm³/mol. The summed E-state index contributed by atoms with van der Waals surface area (Å²) in [6.07, 6.45) is 3.41. The Bertz CT molecular complexity index is 1860. The molecule has 7 nitrogen and oxygen atoms in total. The van der Waals surface area contributed by atoms with Gasteiger partial charge in [-0.2, -0.15) is 9.78 Å². The van der Waals surface area contributed by atoms with Gasteiger partial charge >= 0.3 is 0 Å². The highest BCUT2D eigenvalue weighted by atomic mass is 31.2. The van der Waals surface area contributed by atoms with Crippen LogP contribution in [0.2, 0.25) is 0 Å². The van der Waals surface area contributed by atoms with Crippen LogP contribution in [0.4, 0.5) is 4.39 Å². The van der Waals surface area contributed by atoms with Crippen LogP contribution in [-0.4, -0.2) is 46.7 Å². The fourth-order valence-electron chi connectivity index (χ4n) is 6.06. The van der Waals surface area contributed by atoms with Crippen LogP contribution in [0.15, 0.2) is 66.9 Å². The molecule has 224 valence electrons. The topological polar surface area (TPSA) is 75.3 Å². The number of carbonyl (C=O) groups excluding carboxylic acids is 1. The highest BCUT2D eigenvalue weighted by Crippen LogP contribution is 2.46. The van der Waals surface area contributed by atoms with E-state index in [-0.39, 0.29) is 17.6 Å². The SMILES string of the molecule is CCOP(C)(=O)c1ccc(-c2c(C3CCOCC3)n(-c3ccc(F)cc3)c3cc4cnn(C(=O)C(C)(C)C)c4cc23)cc1. The largest absolute Gasteiger partial charge is 0.381 e. The molecule has 43 heavy (non-hydrogen) atoms. The van der Waals surface area contributed by atoms with Crippen molar-refractivity contribution >= 4 is 40.4 Å². The first-order chi connectivity index (χ1) is 20.5. The standard InChI is InChI=1S/C34H37FN3O4P/c1-6-42-43(5,40)27-13-7-22(8-14-27)31-28-20-29-24(21-36-38(29)33(39)34(2,3)4)19-30(28)37(26-11-9-25(35)10-12-26)32(31)23-15-17-41-18-16-23/h7-14,19-21,23H,6,15-18H2,1-5H3. The Morgan fingerprint density at radius 2 is 1.72 bits per heavy atom. The normalized spacial score (nSPS) is 16.1. The molecule has 0 aliphatic carbocycles. The Balaban J connectivity index is 1.68. The van der Waals surface area contributed by atoms with E-state index in [1.165, 1.54) is 16.8 Å². The number of hydrogen-bond acceptors (Lipinski definition) is 5. The summed E-state index contributed by atoms with van der Waals surface area (Å²) < 4.78 is 42.4. The van der Waals surface area contributed by atoms with Crippen molar-refractivity contribution in [1.82, 2.24) is 14.3 Å². The molecule has 1 saturated heterocycles. The highest BCUT2D eigenvalue weighted by Gasteiger charge is 2.30. The third-order valence-corrected chi connectivity index (χ3v) is 10.2. The first-order valence-corrected chi connectivity index (χ1v) is 16.8. The van der Waals surface area contributed by atoms with E-state index in [9.17, 15) is 13.8 Å². The molecular weight excluding hydrogens is 564 g/mol. The molecule has 1 unspecified atom stereocenters. The van der Waals surface area contributed by atoms with Gasteiger partial charge in [0.1, 0.15) is 5.82 Å². The summed E-state index contributed by atoms with van der Waals surface area (Å²) in [5, 5.41) is 6.95. The molecule has 1 aliphatic rings. The van der Waals surface area contributed by atoms with Gasteiger partial charge in [-0.3, -0.25) is 9.36 Å². The molecule has 6 rings (SSSR count). The average molecular weight is 602 g/mol. The Morgan fingerprint density at radius 3 is 2.35 bits per heavy atom. The molecule has 3 aromatic carbocycles. The van der Waals surface area contributed by atoms with Crippen molar-refractivity contribution in [2.24, 2.45) is 5.41 Å². The van der Waals surface area contributed by atoms with Crippen LogP contribution in [0.5, 0.6) is 0 Å². The number of halogens is 1. The minimum absolute atomic E-state index is 0.0926. The second-order valence-electron chi connectivity index (χ2n) is 12.3. The van der Waals surface area contributed by atoms with Gasteiger partial charge < -0.3 is 13.8 Å². The smallest absolute Gasteiger partial charge is 0.252 e. The first kappa shape index (κ1) is 29.5. The molecule has 5 aromatic rings. The van der Waals surface area contributed by atoms with Gasteiger partial charge in [-0.25, -0.2) is 4.39 Å². The molecule has 0 saturated carbocycles. The molecule has 3 heterocycles. The van der Waals surface area contributed by atoms with Crippen LogP contribution in [0, 0.1) is 11.2 Å². The first-order valence-electron chi connectivity index (χ1n) is 14.8. The number of rotatable bonds is 6. The predicted octanol–water partition coefficient (Wildman–Crippen LogP) is 7.94. The molecule has 0 N–H and O–H groups in total. The van der Waals surface area contributed by atoms with E-state index in [4.69, 9.17) is 9.26 Å². The van der Waals surface area contributed by atoms with Gasteiger partial charge in [0, 0.05) is 64.2 Å². The van der Waals surface area contributed by atoms with E-state index in [0.717, 1.165) is 57.2 Å². The number of nitrogens with zero attached hydrogens (tertiary/aromatic N) is 3. The summed E-state index contributed by atoms with van der Waals surface area (Å²) in [4.78, 5) is 13.4. The van der Waals surface area contributed by atoms with E-state index >= 15 is 0 Å². The second kappa shape index (κ2) is 11.2. The Labute approximate surface area is 251 Å². The Kier molecular flexibility index (Phi) is 7.66.